The van der Waals surface area contributed by atoms with Crippen molar-refractivity contribution in [1.29, 1.82) is 0 Å². The first-order valence-corrected chi connectivity index (χ1v) is 3.82. The predicted octanol–water partition coefficient (Wildman–Crippen LogP) is 0.558. The SMILES string of the molecule is NC[C@H](CCC(=O)C(F)(F)F)C(=O)O. The normalized spacial score (nSPS) is 13.7. The summed E-state index contributed by atoms with van der Waals surface area (Å²) in [7, 11) is 0. The second-order valence-corrected chi connectivity index (χ2v) is 2.73. The van der Waals surface area contributed by atoms with Crippen LogP contribution in [0.2, 0.25) is 0 Å². The van der Waals surface area contributed by atoms with Gasteiger partial charge < -0.3 is 10.8 Å². The highest BCUT2D eigenvalue weighted by molar-refractivity contribution is 5.84. The highest BCUT2D eigenvalue weighted by Gasteiger charge is 2.38. The number of aliphatic carboxylic acids is 1. The molecule has 0 aromatic carbocycles. The van der Waals surface area contributed by atoms with Gasteiger partial charge in [-0.15, -0.1) is 0 Å². The molecule has 0 amide bonds. The zero-order valence-corrected chi connectivity index (χ0v) is 7.17. The molecule has 0 spiro atoms. The average molecular weight is 213 g/mol. The van der Waals surface area contributed by atoms with Gasteiger partial charge in [0.05, 0.1) is 5.92 Å². The van der Waals surface area contributed by atoms with E-state index in [2.05, 4.69) is 0 Å². The number of halogens is 3. The minimum Gasteiger partial charge on any atom is -0.481 e. The highest BCUT2D eigenvalue weighted by Crippen LogP contribution is 2.20. The molecule has 7 heteroatoms. The average Bonchev–Trinajstić information content (AvgIpc) is 2.02. The Hall–Kier alpha value is -1.11. The molecule has 3 N–H and O–H groups in total. The van der Waals surface area contributed by atoms with E-state index in [1.807, 2.05) is 0 Å². The monoisotopic (exact) mass is 213 g/mol. The Labute approximate surface area is 77.9 Å². The highest BCUT2D eigenvalue weighted by atomic mass is 19.4. The van der Waals surface area contributed by atoms with E-state index in [-0.39, 0.29) is 13.0 Å². The lowest BCUT2D eigenvalue weighted by Gasteiger charge is -2.09. The van der Waals surface area contributed by atoms with Gasteiger partial charge in [0.15, 0.2) is 0 Å². The lowest BCUT2D eigenvalue weighted by atomic mass is 10.0. The van der Waals surface area contributed by atoms with Crippen LogP contribution >= 0.6 is 0 Å². The van der Waals surface area contributed by atoms with Gasteiger partial charge in [0.1, 0.15) is 0 Å². The molecule has 4 nitrogen and oxygen atoms in total. The fourth-order valence-corrected chi connectivity index (χ4v) is 0.789. The predicted molar refractivity (Wildman–Crippen MR) is 40.5 cm³/mol. The van der Waals surface area contributed by atoms with E-state index in [9.17, 15) is 22.8 Å². The molecule has 0 aliphatic heterocycles. The van der Waals surface area contributed by atoms with Crippen LogP contribution in [0.4, 0.5) is 13.2 Å². The maximum absolute atomic E-state index is 11.7. The van der Waals surface area contributed by atoms with Gasteiger partial charge in [-0.3, -0.25) is 9.59 Å². The van der Waals surface area contributed by atoms with Crippen LogP contribution in [0.3, 0.4) is 0 Å². The van der Waals surface area contributed by atoms with E-state index in [1.54, 1.807) is 0 Å². The van der Waals surface area contributed by atoms with Crippen LogP contribution in [-0.4, -0.2) is 29.6 Å². The summed E-state index contributed by atoms with van der Waals surface area (Å²) in [5.41, 5.74) is 5.00. The zero-order valence-electron chi connectivity index (χ0n) is 7.17. The number of nitrogens with two attached hydrogens (primary N) is 1. The molecule has 0 bridgehead atoms. The standard InChI is InChI=1S/C7H10F3NO3/c8-7(9,10)5(12)2-1-4(3-11)6(13)14/h4H,1-3,11H2,(H,13,14)/t4-/m0/s1. The third-order valence-electron chi connectivity index (χ3n) is 1.67. The molecule has 14 heavy (non-hydrogen) atoms. The fourth-order valence-electron chi connectivity index (χ4n) is 0.789. The third kappa shape index (κ3) is 4.22. The van der Waals surface area contributed by atoms with E-state index in [0.717, 1.165) is 0 Å². The van der Waals surface area contributed by atoms with Crippen LogP contribution in [0.1, 0.15) is 12.8 Å². The summed E-state index contributed by atoms with van der Waals surface area (Å²) in [5.74, 6) is -4.30. The van der Waals surface area contributed by atoms with Crippen LogP contribution in [-0.2, 0) is 9.59 Å². The fraction of sp³-hybridized carbons (Fsp3) is 0.714. The number of Topliss-reactive ketones (excluding diaryl/α,β-unsaturated/α-hetero) is 1. The Balaban J connectivity index is 4.05. The van der Waals surface area contributed by atoms with E-state index in [4.69, 9.17) is 10.8 Å². The number of ketones is 1. The largest absolute Gasteiger partial charge is 0.481 e. The molecule has 0 saturated heterocycles. The topological polar surface area (TPSA) is 80.4 Å². The number of carbonyl (C=O) groups excluding carboxylic acids is 1. The summed E-state index contributed by atoms with van der Waals surface area (Å²) in [4.78, 5) is 20.7. The Kier molecular flexibility index (Phi) is 4.55. The molecule has 0 saturated carbocycles. The van der Waals surface area contributed by atoms with Gasteiger partial charge in [0, 0.05) is 13.0 Å². The van der Waals surface area contributed by atoms with Gasteiger partial charge in [-0.05, 0) is 6.42 Å². The van der Waals surface area contributed by atoms with Crippen LogP contribution in [0.25, 0.3) is 0 Å². The van der Waals surface area contributed by atoms with Crippen molar-refractivity contribution < 1.29 is 27.9 Å². The number of alkyl halides is 3. The minimum absolute atomic E-state index is 0.277. The summed E-state index contributed by atoms with van der Waals surface area (Å²) in [6.07, 6.45) is -6.11. The van der Waals surface area contributed by atoms with Crippen molar-refractivity contribution in [2.45, 2.75) is 19.0 Å². The van der Waals surface area contributed by atoms with Crippen LogP contribution in [0, 0.1) is 5.92 Å². The van der Waals surface area contributed by atoms with E-state index < -0.39 is 30.3 Å². The van der Waals surface area contributed by atoms with Crippen molar-refractivity contribution >= 4 is 11.8 Å². The van der Waals surface area contributed by atoms with Crippen LogP contribution in [0.5, 0.6) is 0 Å². The number of hydrogen-bond donors (Lipinski definition) is 2. The maximum atomic E-state index is 11.7. The summed E-state index contributed by atoms with van der Waals surface area (Å²) >= 11 is 0. The molecular weight excluding hydrogens is 203 g/mol. The van der Waals surface area contributed by atoms with Gasteiger partial charge >= 0.3 is 12.1 Å². The second-order valence-electron chi connectivity index (χ2n) is 2.73. The van der Waals surface area contributed by atoms with Crippen molar-refractivity contribution in [1.82, 2.24) is 0 Å². The molecule has 0 heterocycles. The van der Waals surface area contributed by atoms with Gasteiger partial charge in [-0.1, -0.05) is 0 Å². The summed E-state index contributed by atoms with van der Waals surface area (Å²) < 4.78 is 35.0. The number of hydrogen-bond acceptors (Lipinski definition) is 3. The molecule has 0 radical (unpaired) electrons. The van der Waals surface area contributed by atoms with E-state index >= 15 is 0 Å². The minimum atomic E-state index is -4.89. The van der Waals surface area contributed by atoms with Gasteiger partial charge in [-0.2, -0.15) is 13.2 Å². The molecule has 1 atom stereocenters. The van der Waals surface area contributed by atoms with Gasteiger partial charge in [0.2, 0.25) is 5.78 Å². The Morgan fingerprint density at radius 3 is 2.14 bits per heavy atom. The quantitative estimate of drug-likeness (QED) is 0.699. The summed E-state index contributed by atoms with van der Waals surface area (Å²) in [5, 5.41) is 8.42. The molecule has 0 aliphatic carbocycles. The molecule has 0 unspecified atom stereocenters. The molecule has 0 fully saturated rings. The molecule has 0 aromatic heterocycles. The number of carbonyl (C=O) groups is 2. The van der Waals surface area contributed by atoms with Crippen molar-refractivity contribution in [3.8, 4) is 0 Å². The van der Waals surface area contributed by atoms with Crippen LogP contribution in [0.15, 0.2) is 0 Å². The van der Waals surface area contributed by atoms with Crippen molar-refractivity contribution in [3.63, 3.8) is 0 Å². The zero-order chi connectivity index (χ0) is 11.4. The molecule has 82 valence electrons. The first kappa shape index (κ1) is 12.9. The second kappa shape index (κ2) is 4.94. The first-order valence-electron chi connectivity index (χ1n) is 3.82. The lowest BCUT2D eigenvalue weighted by Crippen LogP contribution is -2.27. The van der Waals surface area contributed by atoms with E-state index in [0.29, 0.717) is 0 Å². The first-order chi connectivity index (χ1) is 6.29. The molecule has 0 rings (SSSR count). The van der Waals surface area contributed by atoms with Gasteiger partial charge in [0.25, 0.3) is 0 Å². The summed E-state index contributed by atoms with van der Waals surface area (Å²) in [6.45, 7) is -0.277. The smallest absolute Gasteiger partial charge is 0.449 e. The molecular formula is C7H10F3NO3. The molecule has 0 aliphatic rings. The van der Waals surface area contributed by atoms with Crippen molar-refractivity contribution in [2.75, 3.05) is 6.54 Å². The summed E-state index contributed by atoms with van der Waals surface area (Å²) in [6, 6.07) is 0. The Morgan fingerprint density at radius 2 is 1.86 bits per heavy atom. The van der Waals surface area contributed by atoms with Crippen molar-refractivity contribution in [2.24, 2.45) is 11.7 Å². The third-order valence-corrected chi connectivity index (χ3v) is 1.67. The maximum Gasteiger partial charge on any atom is 0.449 e. The Morgan fingerprint density at radius 1 is 1.36 bits per heavy atom. The number of carboxylic acids is 1. The number of rotatable bonds is 5. The van der Waals surface area contributed by atoms with E-state index in [1.165, 1.54) is 0 Å². The number of carboxylic acid groups (broad SMARTS) is 1. The Bertz CT molecular complexity index is 227. The van der Waals surface area contributed by atoms with Crippen molar-refractivity contribution in [3.05, 3.63) is 0 Å². The van der Waals surface area contributed by atoms with Gasteiger partial charge in [-0.25, -0.2) is 0 Å². The van der Waals surface area contributed by atoms with Crippen LogP contribution < -0.4 is 5.73 Å². The molecule has 0 aromatic rings. The lowest BCUT2D eigenvalue weighted by molar-refractivity contribution is -0.171.